The van der Waals surface area contributed by atoms with Crippen LogP contribution in [0.5, 0.6) is 0 Å². The highest BCUT2D eigenvalue weighted by Gasteiger charge is 2.17. The third-order valence-electron chi connectivity index (χ3n) is 3.10. The Hall–Kier alpha value is -2.54. The van der Waals surface area contributed by atoms with Gasteiger partial charge in [-0.25, -0.2) is 8.78 Å². The number of amides is 1. The van der Waals surface area contributed by atoms with Gasteiger partial charge in [-0.15, -0.1) is 0 Å². The molecule has 0 atom stereocenters. The van der Waals surface area contributed by atoms with Crippen LogP contribution in [0.3, 0.4) is 0 Å². The Labute approximate surface area is 135 Å². The van der Waals surface area contributed by atoms with Crippen molar-refractivity contribution in [2.24, 2.45) is 0 Å². The molecule has 0 bridgehead atoms. The third kappa shape index (κ3) is 4.01. The molecular weight excluding hydrogens is 330 g/mol. The predicted octanol–water partition coefficient (Wildman–Crippen LogP) is 3.80. The van der Waals surface area contributed by atoms with E-state index in [4.69, 9.17) is 11.6 Å². The molecule has 0 aliphatic carbocycles. The first-order valence-corrected chi connectivity index (χ1v) is 6.80. The van der Waals surface area contributed by atoms with Crippen molar-refractivity contribution in [2.75, 3.05) is 7.05 Å². The number of halogens is 3. The Morgan fingerprint density at radius 3 is 2.39 bits per heavy atom. The summed E-state index contributed by atoms with van der Waals surface area (Å²) in [5, 5.41) is 11.0. The fourth-order valence-electron chi connectivity index (χ4n) is 2.02. The molecular formula is C15H11ClF2N2O3. The summed E-state index contributed by atoms with van der Waals surface area (Å²) < 4.78 is 26.4. The predicted molar refractivity (Wildman–Crippen MR) is 80.3 cm³/mol. The first-order valence-electron chi connectivity index (χ1n) is 6.42. The van der Waals surface area contributed by atoms with Gasteiger partial charge in [0.15, 0.2) is 0 Å². The summed E-state index contributed by atoms with van der Waals surface area (Å²) in [6.45, 7) is -0.0442. The number of nitro benzene ring substituents is 1. The first kappa shape index (κ1) is 16.8. The lowest BCUT2D eigenvalue weighted by atomic mass is 10.1. The van der Waals surface area contributed by atoms with Gasteiger partial charge in [-0.05, 0) is 23.8 Å². The van der Waals surface area contributed by atoms with Crippen molar-refractivity contribution in [3.05, 3.63) is 74.3 Å². The van der Waals surface area contributed by atoms with E-state index in [9.17, 15) is 23.7 Å². The molecule has 2 rings (SSSR count). The van der Waals surface area contributed by atoms with E-state index in [2.05, 4.69) is 0 Å². The quantitative estimate of drug-likeness (QED) is 0.628. The van der Waals surface area contributed by atoms with Gasteiger partial charge in [0.25, 0.3) is 11.6 Å². The van der Waals surface area contributed by atoms with Crippen molar-refractivity contribution in [1.82, 2.24) is 4.90 Å². The number of carbonyl (C=O) groups is 1. The van der Waals surface area contributed by atoms with Crippen molar-refractivity contribution < 1.29 is 18.5 Å². The first-order chi connectivity index (χ1) is 10.8. The second-order valence-corrected chi connectivity index (χ2v) is 5.26. The van der Waals surface area contributed by atoms with Gasteiger partial charge < -0.3 is 4.90 Å². The zero-order valence-electron chi connectivity index (χ0n) is 11.9. The second-order valence-electron chi connectivity index (χ2n) is 4.85. The van der Waals surface area contributed by atoms with Gasteiger partial charge in [-0.1, -0.05) is 11.6 Å². The van der Waals surface area contributed by atoms with Crippen molar-refractivity contribution in [2.45, 2.75) is 6.54 Å². The van der Waals surface area contributed by atoms with E-state index in [0.717, 1.165) is 12.1 Å². The van der Waals surface area contributed by atoms with Crippen LogP contribution in [-0.4, -0.2) is 22.8 Å². The molecule has 0 heterocycles. The standard InChI is InChI=1S/C15H11ClF2N2O3/c1-19(15(21)9-4-11(17)7-12(18)5-9)8-10-6-13(20(22)23)2-3-14(10)16/h2-7H,8H2,1H3. The van der Waals surface area contributed by atoms with Gasteiger partial charge in [0.05, 0.1) is 4.92 Å². The van der Waals surface area contributed by atoms with E-state index in [1.807, 2.05) is 0 Å². The molecule has 0 saturated heterocycles. The van der Waals surface area contributed by atoms with Crippen LogP contribution in [0.25, 0.3) is 0 Å². The SMILES string of the molecule is CN(Cc1cc([N+](=O)[O-])ccc1Cl)C(=O)c1cc(F)cc(F)c1. The van der Waals surface area contributed by atoms with Gasteiger partial charge >= 0.3 is 0 Å². The summed E-state index contributed by atoms with van der Waals surface area (Å²) in [6, 6.07) is 6.34. The van der Waals surface area contributed by atoms with E-state index in [-0.39, 0.29) is 22.8 Å². The molecule has 0 N–H and O–H groups in total. The molecule has 2 aromatic carbocycles. The van der Waals surface area contributed by atoms with E-state index in [0.29, 0.717) is 11.6 Å². The molecule has 5 nitrogen and oxygen atoms in total. The third-order valence-corrected chi connectivity index (χ3v) is 3.47. The zero-order valence-corrected chi connectivity index (χ0v) is 12.7. The summed E-state index contributed by atoms with van der Waals surface area (Å²) >= 11 is 5.97. The fraction of sp³-hybridized carbons (Fsp3) is 0.133. The fourth-order valence-corrected chi connectivity index (χ4v) is 2.20. The van der Waals surface area contributed by atoms with Gasteiger partial charge in [0.1, 0.15) is 11.6 Å². The molecule has 0 aromatic heterocycles. The maximum absolute atomic E-state index is 13.2. The summed E-state index contributed by atoms with van der Waals surface area (Å²) in [6.07, 6.45) is 0. The van der Waals surface area contributed by atoms with Crippen LogP contribution in [-0.2, 0) is 6.54 Å². The summed E-state index contributed by atoms with van der Waals surface area (Å²) in [4.78, 5) is 23.6. The Kier molecular flexibility index (Phi) is 4.90. The average Bonchev–Trinajstić information content (AvgIpc) is 2.47. The molecule has 0 spiro atoms. The number of benzene rings is 2. The highest BCUT2D eigenvalue weighted by atomic mass is 35.5. The highest BCUT2D eigenvalue weighted by Crippen LogP contribution is 2.23. The largest absolute Gasteiger partial charge is 0.337 e. The minimum atomic E-state index is -0.866. The molecule has 0 saturated carbocycles. The van der Waals surface area contributed by atoms with Crippen molar-refractivity contribution in [3.63, 3.8) is 0 Å². The number of nitrogens with zero attached hydrogens (tertiary/aromatic N) is 2. The van der Waals surface area contributed by atoms with Gasteiger partial charge in [0, 0.05) is 42.4 Å². The van der Waals surface area contributed by atoms with E-state index < -0.39 is 22.5 Å². The molecule has 0 fully saturated rings. The van der Waals surface area contributed by atoms with Crippen LogP contribution in [0.2, 0.25) is 5.02 Å². The lowest BCUT2D eigenvalue weighted by molar-refractivity contribution is -0.384. The van der Waals surface area contributed by atoms with Crippen LogP contribution in [0.4, 0.5) is 14.5 Å². The lowest BCUT2D eigenvalue weighted by Gasteiger charge is -2.18. The Morgan fingerprint density at radius 1 is 1.22 bits per heavy atom. The normalized spacial score (nSPS) is 10.4. The van der Waals surface area contributed by atoms with E-state index >= 15 is 0 Å². The maximum atomic E-state index is 13.2. The van der Waals surface area contributed by atoms with Gasteiger partial charge in [-0.2, -0.15) is 0 Å². The minimum absolute atomic E-state index is 0.0442. The van der Waals surface area contributed by atoms with Crippen LogP contribution < -0.4 is 0 Å². The molecule has 8 heteroatoms. The number of hydrogen-bond acceptors (Lipinski definition) is 3. The van der Waals surface area contributed by atoms with Crippen molar-refractivity contribution >= 4 is 23.2 Å². The van der Waals surface area contributed by atoms with Gasteiger partial charge in [-0.3, -0.25) is 14.9 Å². The van der Waals surface area contributed by atoms with Crippen LogP contribution in [0.1, 0.15) is 15.9 Å². The van der Waals surface area contributed by atoms with Crippen LogP contribution in [0, 0.1) is 21.7 Å². The topological polar surface area (TPSA) is 63.4 Å². The summed E-state index contributed by atoms with van der Waals surface area (Å²) in [5.74, 6) is -2.36. The Bertz CT molecular complexity index is 763. The maximum Gasteiger partial charge on any atom is 0.269 e. The van der Waals surface area contributed by atoms with E-state index in [1.165, 1.54) is 30.1 Å². The molecule has 0 aliphatic rings. The monoisotopic (exact) mass is 340 g/mol. The summed E-state index contributed by atoms with van der Waals surface area (Å²) in [7, 11) is 1.40. The molecule has 23 heavy (non-hydrogen) atoms. The lowest BCUT2D eigenvalue weighted by Crippen LogP contribution is -2.26. The molecule has 0 aliphatic heterocycles. The molecule has 120 valence electrons. The molecule has 0 radical (unpaired) electrons. The van der Waals surface area contributed by atoms with Gasteiger partial charge in [0.2, 0.25) is 0 Å². The smallest absolute Gasteiger partial charge is 0.269 e. The number of non-ortho nitro benzene ring substituents is 1. The molecule has 2 aromatic rings. The number of rotatable bonds is 4. The summed E-state index contributed by atoms with van der Waals surface area (Å²) in [5.41, 5.74) is 0.0298. The molecule has 0 unspecified atom stereocenters. The second kappa shape index (κ2) is 6.70. The minimum Gasteiger partial charge on any atom is -0.337 e. The van der Waals surface area contributed by atoms with E-state index in [1.54, 1.807) is 0 Å². The van der Waals surface area contributed by atoms with Crippen molar-refractivity contribution in [3.8, 4) is 0 Å². The number of hydrogen-bond donors (Lipinski definition) is 0. The van der Waals surface area contributed by atoms with Crippen LogP contribution in [0.15, 0.2) is 36.4 Å². The Morgan fingerprint density at radius 2 is 1.83 bits per heavy atom. The van der Waals surface area contributed by atoms with Crippen LogP contribution >= 0.6 is 11.6 Å². The molecule has 1 amide bonds. The zero-order chi connectivity index (χ0) is 17.1. The number of nitro groups is 1. The average molecular weight is 341 g/mol. The van der Waals surface area contributed by atoms with Crippen molar-refractivity contribution in [1.29, 1.82) is 0 Å². The highest BCUT2D eigenvalue weighted by molar-refractivity contribution is 6.31. The number of carbonyl (C=O) groups excluding carboxylic acids is 1. The Balaban J connectivity index is 2.24.